The SMILES string of the molecule is CSCCC(N)C(=O)NCc1ccc(Br)cc1C(F)(F)F.Cl. The Morgan fingerprint density at radius 2 is 2.09 bits per heavy atom. The van der Waals surface area contributed by atoms with E-state index in [4.69, 9.17) is 5.73 Å². The van der Waals surface area contributed by atoms with Crippen molar-refractivity contribution >= 4 is 46.0 Å². The second-order valence-electron chi connectivity index (χ2n) is 4.40. The molecule has 0 aliphatic heterocycles. The van der Waals surface area contributed by atoms with Crippen LogP contribution < -0.4 is 11.1 Å². The van der Waals surface area contributed by atoms with E-state index >= 15 is 0 Å². The van der Waals surface area contributed by atoms with Gasteiger partial charge in [0.1, 0.15) is 0 Å². The van der Waals surface area contributed by atoms with Crippen LogP contribution in [0.5, 0.6) is 0 Å². The van der Waals surface area contributed by atoms with Crippen molar-refractivity contribution < 1.29 is 18.0 Å². The van der Waals surface area contributed by atoms with Gasteiger partial charge in [-0.15, -0.1) is 12.4 Å². The molecule has 0 saturated carbocycles. The van der Waals surface area contributed by atoms with Gasteiger partial charge in [-0.25, -0.2) is 0 Å². The molecule has 0 aromatic heterocycles. The van der Waals surface area contributed by atoms with Crippen LogP contribution in [0.3, 0.4) is 0 Å². The molecule has 0 radical (unpaired) electrons. The van der Waals surface area contributed by atoms with E-state index in [0.29, 0.717) is 10.9 Å². The maximum absolute atomic E-state index is 12.9. The average molecular weight is 422 g/mol. The number of thioether (sulfide) groups is 1. The van der Waals surface area contributed by atoms with Crippen molar-refractivity contribution in [3.63, 3.8) is 0 Å². The van der Waals surface area contributed by atoms with Gasteiger partial charge < -0.3 is 11.1 Å². The second-order valence-corrected chi connectivity index (χ2v) is 6.31. The largest absolute Gasteiger partial charge is 0.416 e. The van der Waals surface area contributed by atoms with Crippen LogP contribution in [0.2, 0.25) is 0 Å². The molecule has 22 heavy (non-hydrogen) atoms. The van der Waals surface area contributed by atoms with Gasteiger partial charge in [0.2, 0.25) is 5.91 Å². The molecule has 0 heterocycles. The summed E-state index contributed by atoms with van der Waals surface area (Å²) in [7, 11) is 0. The van der Waals surface area contributed by atoms with Gasteiger partial charge in [-0.1, -0.05) is 22.0 Å². The topological polar surface area (TPSA) is 55.1 Å². The van der Waals surface area contributed by atoms with Crippen LogP contribution in [0.15, 0.2) is 22.7 Å². The van der Waals surface area contributed by atoms with E-state index in [1.165, 1.54) is 12.1 Å². The van der Waals surface area contributed by atoms with E-state index in [-0.39, 0.29) is 24.5 Å². The molecule has 1 amide bonds. The average Bonchev–Trinajstić information content (AvgIpc) is 2.41. The van der Waals surface area contributed by atoms with Gasteiger partial charge in [0.15, 0.2) is 0 Å². The first kappa shape index (κ1) is 21.6. The van der Waals surface area contributed by atoms with E-state index in [0.717, 1.165) is 11.8 Å². The van der Waals surface area contributed by atoms with Crippen molar-refractivity contribution in [1.82, 2.24) is 5.32 Å². The van der Waals surface area contributed by atoms with E-state index in [2.05, 4.69) is 21.2 Å². The summed E-state index contributed by atoms with van der Waals surface area (Å²) < 4.78 is 39.1. The van der Waals surface area contributed by atoms with Gasteiger partial charge in [-0.05, 0) is 36.1 Å². The summed E-state index contributed by atoms with van der Waals surface area (Å²) in [6.07, 6.45) is -2.09. The molecule has 1 atom stereocenters. The lowest BCUT2D eigenvalue weighted by Gasteiger charge is -2.15. The van der Waals surface area contributed by atoms with Gasteiger partial charge in [0.05, 0.1) is 11.6 Å². The highest BCUT2D eigenvalue weighted by molar-refractivity contribution is 9.10. The number of nitrogens with two attached hydrogens (primary N) is 1. The minimum Gasteiger partial charge on any atom is -0.351 e. The Morgan fingerprint density at radius 1 is 1.45 bits per heavy atom. The number of carbonyl (C=O) groups is 1. The zero-order valence-electron chi connectivity index (χ0n) is 11.7. The molecule has 9 heteroatoms. The van der Waals surface area contributed by atoms with Crippen molar-refractivity contribution in [2.45, 2.75) is 25.2 Å². The van der Waals surface area contributed by atoms with Crippen molar-refractivity contribution in [1.29, 1.82) is 0 Å². The number of hydrogen-bond acceptors (Lipinski definition) is 3. The first-order chi connectivity index (χ1) is 9.75. The molecule has 0 fully saturated rings. The van der Waals surface area contributed by atoms with Crippen LogP contribution in [-0.4, -0.2) is 24.0 Å². The number of nitrogens with one attached hydrogen (secondary N) is 1. The minimum atomic E-state index is -4.47. The normalized spacial score (nSPS) is 12.5. The lowest BCUT2D eigenvalue weighted by molar-refractivity contribution is -0.138. The Balaban J connectivity index is 0.00000441. The molecular weight excluding hydrogens is 405 g/mol. The number of hydrogen-bond donors (Lipinski definition) is 2. The Kier molecular flexibility index (Phi) is 9.45. The molecular formula is C13H17BrClF3N2OS. The number of halogens is 5. The second kappa shape index (κ2) is 9.64. The monoisotopic (exact) mass is 420 g/mol. The predicted octanol–water partition coefficient (Wildman–Crippen LogP) is 3.59. The van der Waals surface area contributed by atoms with E-state index < -0.39 is 23.7 Å². The number of rotatable bonds is 6. The summed E-state index contributed by atoms with van der Waals surface area (Å²) in [5, 5.41) is 2.45. The first-order valence-corrected chi connectivity index (χ1v) is 8.32. The predicted molar refractivity (Wildman–Crippen MR) is 89.2 cm³/mol. The summed E-state index contributed by atoms with van der Waals surface area (Å²) in [4.78, 5) is 11.7. The Labute approximate surface area is 146 Å². The fourth-order valence-corrected chi connectivity index (χ4v) is 2.51. The Morgan fingerprint density at radius 3 is 2.64 bits per heavy atom. The number of benzene rings is 1. The van der Waals surface area contributed by atoms with Crippen LogP contribution in [0.4, 0.5) is 13.2 Å². The standard InChI is InChI=1S/C13H16BrF3N2OS.ClH/c1-21-5-4-11(18)12(20)19-7-8-2-3-9(14)6-10(8)13(15,16)17;/h2-3,6,11H,4-5,7,18H2,1H3,(H,19,20);1H. The quantitative estimate of drug-likeness (QED) is 0.738. The van der Waals surface area contributed by atoms with Gasteiger partial charge in [0.25, 0.3) is 0 Å². The third-order valence-corrected chi connectivity index (χ3v) is 3.94. The number of carbonyl (C=O) groups excluding carboxylic acids is 1. The van der Waals surface area contributed by atoms with E-state index in [1.54, 1.807) is 11.8 Å². The summed E-state index contributed by atoms with van der Waals surface area (Å²) in [5.41, 5.74) is 4.90. The zero-order valence-corrected chi connectivity index (χ0v) is 15.0. The molecule has 1 aromatic carbocycles. The summed E-state index contributed by atoms with van der Waals surface area (Å²) in [6.45, 7) is -0.200. The van der Waals surface area contributed by atoms with Crippen LogP contribution in [-0.2, 0) is 17.5 Å². The molecule has 3 N–H and O–H groups in total. The summed E-state index contributed by atoms with van der Waals surface area (Å²) in [6, 6.07) is 3.13. The summed E-state index contributed by atoms with van der Waals surface area (Å²) in [5.74, 6) is 0.279. The minimum absolute atomic E-state index is 0. The zero-order chi connectivity index (χ0) is 16.0. The highest BCUT2D eigenvalue weighted by atomic mass is 79.9. The molecule has 0 bridgehead atoms. The van der Waals surface area contributed by atoms with E-state index in [9.17, 15) is 18.0 Å². The third-order valence-electron chi connectivity index (χ3n) is 2.80. The third kappa shape index (κ3) is 6.76. The van der Waals surface area contributed by atoms with Gasteiger partial charge in [0, 0.05) is 11.0 Å². The molecule has 0 aliphatic carbocycles. The molecule has 0 spiro atoms. The van der Waals surface area contributed by atoms with Crippen LogP contribution in [0.25, 0.3) is 0 Å². The molecule has 0 aliphatic rings. The molecule has 1 unspecified atom stereocenters. The van der Waals surface area contributed by atoms with Crippen molar-refractivity contribution in [3.05, 3.63) is 33.8 Å². The van der Waals surface area contributed by atoms with Gasteiger partial charge in [-0.2, -0.15) is 24.9 Å². The fourth-order valence-electron chi connectivity index (χ4n) is 1.66. The highest BCUT2D eigenvalue weighted by Crippen LogP contribution is 2.33. The van der Waals surface area contributed by atoms with Gasteiger partial charge >= 0.3 is 6.18 Å². The Bertz CT molecular complexity index is 503. The highest BCUT2D eigenvalue weighted by Gasteiger charge is 2.33. The number of alkyl halides is 3. The molecule has 126 valence electrons. The van der Waals surface area contributed by atoms with Crippen LogP contribution >= 0.6 is 40.1 Å². The molecule has 3 nitrogen and oxygen atoms in total. The molecule has 1 rings (SSSR count). The van der Waals surface area contributed by atoms with Crippen LogP contribution in [0.1, 0.15) is 17.5 Å². The van der Waals surface area contributed by atoms with Crippen molar-refractivity contribution in [2.24, 2.45) is 5.73 Å². The van der Waals surface area contributed by atoms with E-state index in [1.807, 2.05) is 6.26 Å². The smallest absolute Gasteiger partial charge is 0.351 e. The van der Waals surface area contributed by atoms with Crippen LogP contribution in [0, 0.1) is 0 Å². The summed E-state index contributed by atoms with van der Waals surface area (Å²) >= 11 is 4.57. The molecule has 1 aromatic rings. The first-order valence-electron chi connectivity index (χ1n) is 6.13. The maximum atomic E-state index is 12.9. The van der Waals surface area contributed by atoms with Crippen molar-refractivity contribution in [2.75, 3.05) is 12.0 Å². The number of amides is 1. The Hall–Kier alpha value is -0.440. The lowest BCUT2D eigenvalue weighted by Crippen LogP contribution is -2.40. The maximum Gasteiger partial charge on any atom is 0.416 e. The fraction of sp³-hybridized carbons (Fsp3) is 0.462. The van der Waals surface area contributed by atoms with Gasteiger partial charge in [-0.3, -0.25) is 4.79 Å². The molecule has 0 saturated heterocycles. The lowest BCUT2D eigenvalue weighted by atomic mass is 10.1. The van der Waals surface area contributed by atoms with Crippen molar-refractivity contribution in [3.8, 4) is 0 Å².